The van der Waals surface area contributed by atoms with Crippen LogP contribution in [0.1, 0.15) is 57.1 Å². The Morgan fingerprint density at radius 3 is 2.15 bits per heavy atom. The minimum Gasteiger partial charge on any atom is -0.790 e. The van der Waals surface area contributed by atoms with Crippen molar-refractivity contribution in [3.8, 4) is 0 Å². The van der Waals surface area contributed by atoms with Gasteiger partial charge in [-0.15, -0.1) is 0 Å². The second kappa shape index (κ2) is 16.0. The van der Waals surface area contributed by atoms with Crippen molar-refractivity contribution in [1.29, 1.82) is 0 Å². The molecule has 0 saturated carbocycles. The number of nitrogens with one attached hydrogen (secondary N) is 1. The van der Waals surface area contributed by atoms with Crippen LogP contribution >= 0.6 is 7.82 Å². The van der Waals surface area contributed by atoms with E-state index in [4.69, 9.17) is 0 Å². The third kappa shape index (κ3) is 15.7. The summed E-state index contributed by atoms with van der Waals surface area (Å²) in [6, 6.07) is 7.49. The van der Waals surface area contributed by atoms with E-state index in [1.165, 1.54) is 0 Å². The van der Waals surface area contributed by atoms with Gasteiger partial charge in [0.05, 0.1) is 26.2 Å². The molecule has 1 rings (SSSR count). The number of benzene rings is 1. The van der Waals surface area contributed by atoms with Crippen LogP contribution < -0.4 is 73.6 Å². The van der Waals surface area contributed by atoms with Gasteiger partial charge in [0, 0.05) is 0 Å². The number of hydrogen-bond donors (Lipinski definition) is 1. The monoisotopic (exact) mass is 437 g/mol. The average molecular weight is 437 g/mol. The minimum atomic E-state index is -5.18. The second-order valence-corrected chi connectivity index (χ2v) is 8.94. The normalized spacial score (nSPS) is 12.7. The Morgan fingerprint density at radius 2 is 1.59 bits per heavy atom. The van der Waals surface area contributed by atoms with Gasteiger partial charge >= 0.3 is 59.1 Å². The first kappa shape index (κ1) is 30.4. The molecule has 1 atom stereocenters. The van der Waals surface area contributed by atoms with Gasteiger partial charge < -0.3 is 18.9 Å². The van der Waals surface area contributed by atoms with Crippen LogP contribution in [0.15, 0.2) is 30.3 Å². The van der Waals surface area contributed by atoms with Crippen LogP contribution in [0.25, 0.3) is 0 Å². The zero-order valence-corrected chi connectivity index (χ0v) is 22.1. The molecule has 144 valence electrons. The molecule has 11 heteroatoms. The summed E-state index contributed by atoms with van der Waals surface area (Å²) >= 11 is 0. The third-order valence-electron chi connectivity index (χ3n) is 3.69. The Bertz CT molecular complexity index is 642. The second-order valence-electron chi connectivity index (χ2n) is 5.91. The van der Waals surface area contributed by atoms with Gasteiger partial charge in [-0.25, -0.2) is 13.1 Å². The molecule has 0 fully saturated rings. The fourth-order valence-electron chi connectivity index (χ4n) is 2.40. The molecule has 27 heavy (non-hydrogen) atoms. The van der Waals surface area contributed by atoms with Crippen LogP contribution in [-0.2, 0) is 19.1 Å². The molecule has 1 aromatic rings. The van der Waals surface area contributed by atoms with Crippen LogP contribution in [0.2, 0.25) is 0 Å². The van der Waals surface area contributed by atoms with E-state index in [2.05, 4.69) is 16.2 Å². The average Bonchev–Trinajstić information content (AvgIpc) is 2.54. The van der Waals surface area contributed by atoms with Crippen LogP contribution in [0.4, 0.5) is 0 Å². The molecule has 0 aromatic heterocycles. The predicted molar refractivity (Wildman–Crippen MR) is 93.0 cm³/mol. The summed E-state index contributed by atoms with van der Waals surface area (Å²) in [7, 11) is -8.79. The number of unbranched alkanes of at least 4 members (excludes halogenated alkanes) is 5. The zero-order valence-electron chi connectivity index (χ0n) is 16.4. The van der Waals surface area contributed by atoms with Gasteiger partial charge in [-0.05, 0) is 12.0 Å². The fourth-order valence-corrected chi connectivity index (χ4v) is 4.07. The number of phosphoric acid groups is 1. The molecule has 0 saturated heterocycles. The van der Waals surface area contributed by atoms with E-state index in [0.29, 0.717) is 12.0 Å². The maximum Gasteiger partial charge on any atom is 1.00 e. The predicted octanol–water partition coefficient (Wildman–Crippen LogP) is -4.14. The van der Waals surface area contributed by atoms with E-state index < -0.39 is 30.5 Å². The van der Waals surface area contributed by atoms with E-state index in [1.54, 1.807) is 30.3 Å². The molecule has 0 heterocycles. The Hall–Kier alpha value is 1.24. The van der Waals surface area contributed by atoms with Crippen molar-refractivity contribution >= 4 is 17.8 Å². The third-order valence-corrected chi connectivity index (χ3v) is 5.62. The van der Waals surface area contributed by atoms with Crippen LogP contribution in [0, 0.1) is 0 Å². The molecule has 0 radical (unpaired) electrons. The first-order valence-electron chi connectivity index (χ1n) is 8.45. The summed E-state index contributed by atoms with van der Waals surface area (Å²) in [5.74, 6) is -0.0468. The molecule has 0 aliphatic rings. The molecule has 0 aliphatic heterocycles. The van der Waals surface area contributed by atoms with E-state index in [-0.39, 0.29) is 64.9 Å². The molecule has 0 unspecified atom stereocenters. The largest absolute Gasteiger partial charge is 1.00 e. The number of rotatable bonds is 13. The Balaban J connectivity index is 0. The minimum absolute atomic E-state index is 0. The quantitative estimate of drug-likeness (QED) is 0.190. The van der Waals surface area contributed by atoms with Crippen LogP contribution in [0.5, 0.6) is 0 Å². The molecular formula is C16H26NNa2O6PS. The van der Waals surface area contributed by atoms with Crippen molar-refractivity contribution in [1.82, 2.24) is 4.72 Å². The molecule has 1 aromatic carbocycles. The maximum absolute atomic E-state index is 12.2. The molecule has 7 nitrogen and oxygen atoms in total. The van der Waals surface area contributed by atoms with Gasteiger partial charge in [-0.2, -0.15) is 0 Å². The Kier molecular flexibility index (Phi) is 18.0. The SMILES string of the molecule is CCCCCCCCS(=O)(=O)N[C@@H](COP(=O)([O-])[O-])c1ccccc1.[Na+].[Na+]. The smallest absolute Gasteiger partial charge is 0.790 e. The van der Waals surface area contributed by atoms with E-state index in [9.17, 15) is 22.8 Å². The van der Waals surface area contributed by atoms with Gasteiger partial charge in [0.25, 0.3) is 0 Å². The summed E-state index contributed by atoms with van der Waals surface area (Å²) in [6.07, 6.45) is 5.70. The zero-order chi connectivity index (χ0) is 18.8. The fraction of sp³-hybridized carbons (Fsp3) is 0.625. The molecule has 0 spiro atoms. The summed E-state index contributed by atoms with van der Waals surface area (Å²) in [4.78, 5) is 21.4. The Labute approximate surface area is 206 Å². The van der Waals surface area contributed by atoms with Crippen molar-refractivity contribution < 1.29 is 86.4 Å². The topological polar surface area (TPSA) is 119 Å². The molecule has 0 bridgehead atoms. The van der Waals surface area contributed by atoms with Crippen molar-refractivity contribution in [2.45, 2.75) is 51.5 Å². The first-order chi connectivity index (χ1) is 11.7. The summed E-state index contributed by atoms with van der Waals surface area (Å²) in [5.41, 5.74) is 0.530. The number of sulfonamides is 1. The van der Waals surface area contributed by atoms with Gasteiger partial charge in [-0.1, -0.05) is 69.4 Å². The molecule has 0 aliphatic carbocycles. The first-order valence-corrected chi connectivity index (χ1v) is 11.6. The summed E-state index contributed by atoms with van der Waals surface area (Å²) < 4.78 is 41.9. The molecule has 1 N–H and O–H groups in total. The van der Waals surface area contributed by atoms with Gasteiger partial charge in [-0.3, -0.25) is 0 Å². The number of phosphoric ester groups is 1. The van der Waals surface area contributed by atoms with Gasteiger partial charge in [0.2, 0.25) is 10.0 Å². The van der Waals surface area contributed by atoms with Crippen LogP contribution in [0.3, 0.4) is 0 Å². The molecular weight excluding hydrogens is 411 g/mol. The Morgan fingerprint density at radius 1 is 1.04 bits per heavy atom. The van der Waals surface area contributed by atoms with E-state index in [0.717, 1.165) is 32.1 Å². The van der Waals surface area contributed by atoms with Crippen molar-refractivity contribution in [3.05, 3.63) is 35.9 Å². The standard InChI is InChI=1S/C16H28NO6PS.2Na/c1-2-3-4-5-6-10-13-25(21,22)17-16(14-23-24(18,19)20)15-11-8-7-9-12-15;;/h7-9,11-12,16-17H,2-6,10,13-14H2,1H3,(H2,18,19,20);;/q;2*+1/p-2/t16-;;/m0../s1. The number of hydrogen-bond acceptors (Lipinski definition) is 6. The van der Waals surface area contributed by atoms with Gasteiger partial charge in [0.1, 0.15) is 0 Å². The summed E-state index contributed by atoms with van der Waals surface area (Å²) in [6.45, 7) is 1.55. The van der Waals surface area contributed by atoms with Crippen LogP contribution in [-0.4, -0.2) is 20.8 Å². The van der Waals surface area contributed by atoms with Crippen molar-refractivity contribution in [2.75, 3.05) is 12.4 Å². The van der Waals surface area contributed by atoms with Crippen molar-refractivity contribution in [2.24, 2.45) is 0 Å². The molecule has 0 amide bonds. The van der Waals surface area contributed by atoms with E-state index in [1.807, 2.05) is 0 Å². The van der Waals surface area contributed by atoms with Crippen molar-refractivity contribution in [3.63, 3.8) is 0 Å². The van der Waals surface area contributed by atoms with E-state index >= 15 is 0 Å². The maximum atomic E-state index is 12.2. The van der Waals surface area contributed by atoms with Gasteiger partial charge in [0.15, 0.2) is 0 Å². The summed E-state index contributed by atoms with van der Waals surface area (Å²) in [5, 5.41) is 0.